The smallest absolute Gasteiger partial charge is 0.0693 e. The minimum Gasteiger partial charge on any atom is -0.394 e. The molecule has 24 heavy (non-hydrogen) atoms. The molecular formula is C20H23NO3. The number of hydrogen-bond acceptors (Lipinski definition) is 4. The summed E-state index contributed by atoms with van der Waals surface area (Å²) in [4.78, 5) is 0. The Bertz CT molecular complexity index is 799. The van der Waals surface area contributed by atoms with Crippen LogP contribution in [0.4, 0.5) is 0 Å². The second-order valence-electron chi connectivity index (χ2n) is 6.44. The van der Waals surface area contributed by atoms with E-state index in [4.69, 9.17) is 0 Å². The van der Waals surface area contributed by atoms with E-state index in [1.165, 1.54) is 0 Å². The Morgan fingerprint density at radius 1 is 0.750 bits per heavy atom. The molecule has 0 amide bonds. The molecule has 0 aliphatic heterocycles. The number of fused-ring (bicyclic) bond motifs is 2. The van der Waals surface area contributed by atoms with Crippen molar-refractivity contribution in [3.63, 3.8) is 0 Å². The maximum atomic E-state index is 9.88. The number of nitrogens with one attached hydrogen (secondary N) is 1. The SMILES string of the molecule is CC(CO)(CO)NCc1c2ccccc2c(CO)c2ccccc12. The van der Waals surface area contributed by atoms with Gasteiger partial charge in [-0.1, -0.05) is 48.5 Å². The maximum Gasteiger partial charge on any atom is 0.0693 e. The van der Waals surface area contributed by atoms with Gasteiger partial charge in [0.2, 0.25) is 0 Å². The molecule has 3 rings (SSSR count). The van der Waals surface area contributed by atoms with E-state index in [0.717, 1.165) is 32.7 Å². The van der Waals surface area contributed by atoms with E-state index in [-0.39, 0.29) is 19.8 Å². The number of hydrogen-bond donors (Lipinski definition) is 4. The molecule has 0 radical (unpaired) electrons. The summed E-state index contributed by atoms with van der Waals surface area (Å²) < 4.78 is 0. The zero-order valence-corrected chi connectivity index (χ0v) is 13.8. The van der Waals surface area contributed by atoms with Crippen LogP contribution in [0, 0.1) is 0 Å². The Labute approximate surface area is 141 Å². The minimum atomic E-state index is -0.738. The Hall–Kier alpha value is -1.98. The zero-order valence-electron chi connectivity index (χ0n) is 13.8. The van der Waals surface area contributed by atoms with Gasteiger partial charge in [-0.05, 0) is 39.6 Å². The van der Waals surface area contributed by atoms with Gasteiger partial charge in [0.1, 0.15) is 0 Å². The average molecular weight is 325 g/mol. The Morgan fingerprint density at radius 3 is 1.54 bits per heavy atom. The minimum absolute atomic E-state index is 0.0142. The molecule has 0 saturated heterocycles. The molecule has 0 atom stereocenters. The molecule has 0 fully saturated rings. The largest absolute Gasteiger partial charge is 0.394 e. The summed E-state index contributed by atoms with van der Waals surface area (Å²) in [5.74, 6) is 0. The summed E-state index contributed by atoms with van der Waals surface area (Å²) in [6.45, 7) is 2.01. The average Bonchev–Trinajstić information content (AvgIpc) is 2.64. The van der Waals surface area contributed by atoms with Crippen molar-refractivity contribution in [1.29, 1.82) is 0 Å². The van der Waals surface area contributed by atoms with Gasteiger partial charge < -0.3 is 20.6 Å². The van der Waals surface area contributed by atoms with E-state index in [1.807, 2.05) is 48.5 Å². The van der Waals surface area contributed by atoms with Gasteiger partial charge in [-0.2, -0.15) is 0 Å². The zero-order chi connectivity index (χ0) is 17.2. The van der Waals surface area contributed by atoms with Crippen molar-refractivity contribution in [3.05, 3.63) is 59.7 Å². The molecule has 0 aromatic heterocycles. The van der Waals surface area contributed by atoms with Crippen LogP contribution in [0.5, 0.6) is 0 Å². The van der Waals surface area contributed by atoms with Crippen LogP contribution in [0.2, 0.25) is 0 Å². The molecule has 0 heterocycles. The summed E-state index contributed by atoms with van der Waals surface area (Å²) in [5.41, 5.74) is 1.29. The third kappa shape index (κ3) is 2.89. The molecule has 126 valence electrons. The summed E-state index contributed by atoms with van der Waals surface area (Å²) in [7, 11) is 0. The monoisotopic (exact) mass is 325 g/mol. The lowest BCUT2D eigenvalue weighted by atomic mass is 9.91. The molecule has 0 bridgehead atoms. The maximum absolute atomic E-state index is 9.88. The molecular weight excluding hydrogens is 302 g/mol. The molecule has 3 aromatic carbocycles. The second-order valence-corrected chi connectivity index (χ2v) is 6.44. The van der Waals surface area contributed by atoms with Crippen LogP contribution in [-0.2, 0) is 13.2 Å². The first-order valence-corrected chi connectivity index (χ1v) is 8.12. The summed E-state index contributed by atoms with van der Waals surface area (Å²) in [6.07, 6.45) is 0. The lowest BCUT2D eigenvalue weighted by Gasteiger charge is -2.27. The number of aliphatic hydroxyl groups excluding tert-OH is 3. The molecule has 4 nitrogen and oxygen atoms in total. The fourth-order valence-corrected chi connectivity index (χ4v) is 3.13. The van der Waals surface area contributed by atoms with Crippen LogP contribution in [0.1, 0.15) is 18.1 Å². The van der Waals surface area contributed by atoms with Crippen molar-refractivity contribution in [2.45, 2.75) is 25.6 Å². The highest BCUT2D eigenvalue weighted by atomic mass is 16.3. The van der Waals surface area contributed by atoms with Gasteiger partial charge in [0.15, 0.2) is 0 Å². The lowest BCUT2D eigenvalue weighted by molar-refractivity contribution is 0.103. The van der Waals surface area contributed by atoms with E-state index < -0.39 is 5.54 Å². The topological polar surface area (TPSA) is 72.7 Å². The molecule has 4 N–H and O–H groups in total. The molecule has 0 saturated carbocycles. The van der Waals surface area contributed by atoms with Crippen molar-refractivity contribution in [2.24, 2.45) is 0 Å². The molecule has 0 unspecified atom stereocenters. The van der Waals surface area contributed by atoms with E-state index in [0.29, 0.717) is 6.54 Å². The van der Waals surface area contributed by atoms with Crippen molar-refractivity contribution < 1.29 is 15.3 Å². The van der Waals surface area contributed by atoms with Gasteiger partial charge in [-0.3, -0.25) is 0 Å². The van der Waals surface area contributed by atoms with Crippen LogP contribution in [-0.4, -0.2) is 34.1 Å². The van der Waals surface area contributed by atoms with Gasteiger partial charge in [-0.15, -0.1) is 0 Å². The first-order valence-electron chi connectivity index (χ1n) is 8.12. The highest BCUT2D eigenvalue weighted by Gasteiger charge is 2.22. The first-order chi connectivity index (χ1) is 11.6. The van der Waals surface area contributed by atoms with Crippen LogP contribution >= 0.6 is 0 Å². The summed E-state index contributed by atoms with van der Waals surface area (Å²) in [6, 6.07) is 16.1. The third-order valence-corrected chi connectivity index (χ3v) is 4.70. The van der Waals surface area contributed by atoms with Crippen molar-refractivity contribution in [3.8, 4) is 0 Å². The van der Waals surface area contributed by atoms with E-state index >= 15 is 0 Å². The number of rotatable bonds is 6. The quantitative estimate of drug-likeness (QED) is 0.525. The van der Waals surface area contributed by atoms with Crippen molar-refractivity contribution in [1.82, 2.24) is 5.32 Å². The van der Waals surface area contributed by atoms with Crippen LogP contribution in [0.3, 0.4) is 0 Å². The number of benzene rings is 3. The highest BCUT2D eigenvalue weighted by molar-refractivity contribution is 6.05. The number of aliphatic hydroxyl groups is 3. The standard InChI is InChI=1S/C20H23NO3/c1-20(12-23,13-24)21-10-18-14-6-2-4-8-16(14)19(11-22)17-9-5-3-7-15(17)18/h2-9,21-24H,10-13H2,1H3. The molecule has 0 spiro atoms. The highest BCUT2D eigenvalue weighted by Crippen LogP contribution is 2.33. The van der Waals surface area contributed by atoms with E-state index in [9.17, 15) is 15.3 Å². The van der Waals surface area contributed by atoms with Gasteiger partial charge in [0.25, 0.3) is 0 Å². The third-order valence-electron chi connectivity index (χ3n) is 4.70. The second kappa shape index (κ2) is 6.87. The van der Waals surface area contributed by atoms with Gasteiger partial charge in [-0.25, -0.2) is 0 Å². The predicted molar refractivity (Wildman–Crippen MR) is 96.8 cm³/mol. The lowest BCUT2D eigenvalue weighted by Crippen LogP contribution is -2.48. The van der Waals surface area contributed by atoms with E-state index in [2.05, 4.69) is 5.32 Å². The van der Waals surface area contributed by atoms with Gasteiger partial charge in [0.05, 0.1) is 25.4 Å². The fraction of sp³-hybridized carbons (Fsp3) is 0.300. The van der Waals surface area contributed by atoms with E-state index in [1.54, 1.807) is 6.92 Å². The Morgan fingerprint density at radius 2 is 1.17 bits per heavy atom. The van der Waals surface area contributed by atoms with Crippen LogP contribution in [0.25, 0.3) is 21.5 Å². The molecule has 3 aromatic rings. The van der Waals surface area contributed by atoms with Gasteiger partial charge in [0, 0.05) is 6.54 Å². The summed E-state index contributed by atoms with van der Waals surface area (Å²) in [5, 5.41) is 36.4. The van der Waals surface area contributed by atoms with Crippen LogP contribution < -0.4 is 5.32 Å². The molecule has 4 heteroatoms. The Kier molecular flexibility index (Phi) is 4.83. The summed E-state index contributed by atoms with van der Waals surface area (Å²) >= 11 is 0. The normalized spacial score (nSPS) is 12.2. The fourth-order valence-electron chi connectivity index (χ4n) is 3.13. The molecule has 0 aliphatic carbocycles. The van der Waals surface area contributed by atoms with Crippen LogP contribution in [0.15, 0.2) is 48.5 Å². The predicted octanol–water partition coefficient (Wildman–Crippen LogP) is 2.32. The van der Waals surface area contributed by atoms with Crippen molar-refractivity contribution >= 4 is 21.5 Å². The molecule has 0 aliphatic rings. The first kappa shape index (κ1) is 16.9. The van der Waals surface area contributed by atoms with Gasteiger partial charge >= 0.3 is 0 Å². The van der Waals surface area contributed by atoms with Crippen molar-refractivity contribution in [2.75, 3.05) is 13.2 Å². The Balaban J connectivity index is 2.21.